The molecule has 1 saturated carbocycles. The van der Waals surface area contributed by atoms with Crippen molar-refractivity contribution in [2.24, 2.45) is 11.3 Å². The van der Waals surface area contributed by atoms with Crippen LogP contribution in [0.25, 0.3) is 10.8 Å². The molecule has 1 aliphatic rings. The normalized spacial score (nSPS) is 19.2. The number of fused-ring (bicyclic) bond motifs is 1. The van der Waals surface area contributed by atoms with Gasteiger partial charge in [0.15, 0.2) is 0 Å². The van der Waals surface area contributed by atoms with Crippen LogP contribution < -0.4 is 19.5 Å². The van der Waals surface area contributed by atoms with Crippen LogP contribution in [-0.4, -0.2) is 38.9 Å². The van der Waals surface area contributed by atoms with Gasteiger partial charge in [-0.15, -0.1) is 0 Å². The SMILES string of the molecule is CCC1(C(=O)OC)CC(COc2cccc3c(NCc4ccc(OC)cc4OC)nccc23)C1. The number of hydrogen-bond donors (Lipinski definition) is 1. The van der Waals surface area contributed by atoms with Gasteiger partial charge in [0, 0.05) is 35.1 Å². The van der Waals surface area contributed by atoms with Gasteiger partial charge in [-0.2, -0.15) is 0 Å². The molecule has 0 unspecified atom stereocenters. The summed E-state index contributed by atoms with van der Waals surface area (Å²) in [7, 11) is 4.75. The molecule has 2 aromatic carbocycles. The number of ether oxygens (including phenoxy) is 4. The third-order valence-electron chi connectivity index (χ3n) is 6.84. The van der Waals surface area contributed by atoms with Crippen LogP contribution >= 0.6 is 0 Å². The van der Waals surface area contributed by atoms with Gasteiger partial charge in [-0.05, 0) is 49.4 Å². The van der Waals surface area contributed by atoms with Crippen molar-refractivity contribution in [1.29, 1.82) is 0 Å². The van der Waals surface area contributed by atoms with E-state index < -0.39 is 0 Å². The van der Waals surface area contributed by atoms with Gasteiger partial charge in [-0.1, -0.05) is 19.1 Å². The predicted octanol–water partition coefficient (Wildman–Crippen LogP) is 5.22. The number of carbonyl (C=O) groups excluding carboxylic acids is 1. The second-order valence-corrected chi connectivity index (χ2v) is 8.75. The average molecular weight is 465 g/mol. The Morgan fingerprint density at radius 2 is 1.88 bits per heavy atom. The number of nitrogens with zero attached hydrogens (tertiary/aromatic N) is 1. The lowest BCUT2D eigenvalue weighted by atomic mass is 9.61. The van der Waals surface area contributed by atoms with Crippen molar-refractivity contribution < 1.29 is 23.7 Å². The lowest BCUT2D eigenvalue weighted by Crippen LogP contribution is -2.46. The maximum atomic E-state index is 12.1. The topological polar surface area (TPSA) is 78.9 Å². The van der Waals surface area contributed by atoms with E-state index in [0.29, 0.717) is 19.1 Å². The first-order valence-electron chi connectivity index (χ1n) is 11.6. The van der Waals surface area contributed by atoms with Crippen LogP contribution in [0, 0.1) is 11.3 Å². The second-order valence-electron chi connectivity index (χ2n) is 8.75. The van der Waals surface area contributed by atoms with E-state index in [9.17, 15) is 4.79 Å². The fraction of sp³-hybridized carbons (Fsp3) is 0.407. The van der Waals surface area contributed by atoms with Crippen molar-refractivity contribution in [1.82, 2.24) is 4.98 Å². The Bertz CT molecular complexity index is 1160. The minimum absolute atomic E-state index is 0.105. The van der Waals surface area contributed by atoms with Crippen LogP contribution in [0.5, 0.6) is 17.2 Å². The van der Waals surface area contributed by atoms with Gasteiger partial charge in [0.1, 0.15) is 23.1 Å². The van der Waals surface area contributed by atoms with Gasteiger partial charge in [0.25, 0.3) is 0 Å². The zero-order valence-corrected chi connectivity index (χ0v) is 20.2. The Balaban J connectivity index is 1.45. The average Bonchev–Trinajstić information content (AvgIpc) is 2.86. The van der Waals surface area contributed by atoms with E-state index in [1.165, 1.54) is 7.11 Å². The van der Waals surface area contributed by atoms with Crippen molar-refractivity contribution >= 4 is 22.6 Å². The number of anilines is 1. The zero-order valence-electron chi connectivity index (χ0n) is 20.2. The molecule has 0 bridgehead atoms. The summed E-state index contributed by atoms with van der Waals surface area (Å²) < 4.78 is 22.0. The molecule has 0 saturated heterocycles. The summed E-state index contributed by atoms with van der Waals surface area (Å²) in [4.78, 5) is 16.7. The van der Waals surface area contributed by atoms with E-state index in [1.807, 2.05) is 49.4 Å². The minimum Gasteiger partial charge on any atom is -0.497 e. The number of pyridine rings is 1. The first kappa shape index (κ1) is 23.7. The Morgan fingerprint density at radius 3 is 2.59 bits per heavy atom. The molecule has 3 aromatic rings. The van der Waals surface area contributed by atoms with Crippen molar-refractivity contribution in [3.05, 3.63) is 54.2 Å². The highest BCUT2D eigenvalue weighted by atomic mass is 16.5. The largest absolute Gasteiger partial charge is 0.497 e. The molecule has 180 valence electrons. The summed E-state index contributed by atoms with van der Waals surface area (Å²) in [5.74, 6) is 3.34. The molecule has 0 amide bonds. The first-order chi connectivity index (χ1) is 16.5. The molecule has 34 heavy (non-hydrogen) atoms. The monoisotopic (exact) mass is 464 g/mol. The molecule has 0 spiro atoms. The van der Waals surface area contributed by atoms with E-state index in [4.69, 9.17) is 18.9 Å². The third-order valence-corrected chi connectivity index (χ3v) is 6.84. The molecule has 1 heterocycles. The van der Waals surface area contributed by atoms with Crippen LogP contribution in [0.2, 0.25) is 0 Å². The minimum atomic E-state index is -0.342. The first-order valence-corrected chi connectivity index (χ1v) is 11.6. The lowest BCUT2D eigenvalue weighted by Gasteiger charge is -2.44. The van der Waals surface area contributed by atoms with Gasteiger partial charge in [-0.3, -0.25) is 4.79 Å². The van der Waals surface area contributed by atoms with Crippen LogP contribution in [-0.2, 0) is 16.1 Å². The van der Waals surface area contributed by atoms with Crippen LogP contribution in [0.15, 0.2) is 48.7 Å². The molecule has 1 fully saturated rings. The molecular formula is C27H32N2O5. The summed E-state index contributed by atoms with van der Waals surface area (Å²) in [5.41, 5.74) is 0.662. The number of benzene rings is 2. The van der Waals surface area contributed by atoms with E-state index in [-0.39, 0.29) is 11.4 Å². The van der Waals surface area contributed by atoms with Crippen molar-refractivity contribution in [3.63, 3.8) is 0 Å². The van der Waals surface area contributed by atoms with Crippen molar-refractivity contribution in [2.75, 3.05) is 33.3 Å². The lowest BCUT2D eigenvalue weighted by molar-refractivity contribution is -0.163. The maximum absolute atomic E-state index is 12.1. The summed E-state index contributed by atoms with van der Waals surface area (Å²) in [6.45, 7) is 3.17. The van der Waals surface area contributed by atoms with Gasteiger partial charge in [-0.25, -0.2) is 4.98 Å². The number of methoxy groups -OCH3 is 3. The number of nitrogens with one attached hydrogen (secondary N) is 1. The van der Waals surface area contributed by atoms with Gasteiger partial charge < -0.3 is 24.3 Å². The second kappa shape index (κ2) is 10.2. The smallest absolute Gasteiger partial charge is 0.311 e. The fourth-order valence-electron chi connectivity index (χ4n) is 4.81. The predicted molar refractivity (Wildman–Crippen MR) is 132 cm³/mol. The third kappa shape index (κ3) is 4.60. The quantitative estimate of drug-likeness (QED) is 0.412. The van der Waals surface area contributed by atoms with Gasteiger partial charge in [0.2, 0.25) is 0 Å². The number of carbonyl (C=O) groups is 1. The van der Waals surface area contributed by atoms with E-state index >= 15 is 0 Å². The number of aromatic nitrogens is 1. The highest BCUT2D eigenvalue weighted by Crippen LogP contribution is 2.49. The fourth-order valence-corrected chi connectivity index (χ4v) is 4.81. The maximum Gasteiger partial charge on any atom is 0.311 e. The molecule has 1 N–H and O–H groups in total. The van der Waals surface area contributed by atoms with E-state index in [1.54, 1.807) is 20.4 Å². The Kier molecular flexibility index (Phi) is 7.10. The Labute approximate surface area is 200 Å². The molecule has 1 aliphatic carbocycles. The summed E-state index contributed by atoms with van der Waals surface area (Å²) in [6, 6.07) is 13.7. The van der Waals surface area contributed by atoms with Crippen LogP contribution in [0.3, 0.4) is 0 Å². The molecule has 0 atom stereocenters. The highest BCUT2D eigenvalue weighted by Gasteiger charge is 2.49. The zero-order chi connectivity index (χ0) is 24.1. The number of rotatable bonds is 10. The van der Waals surface area contributed by atoms with E-state index in [2.05, 4.69) is 10.3 Å². The molecule has 1 aromatic heterocycles. The summed E-state index contributed by atoms with van der Waals surface area (Å²) in [6.07, 6.45) is 4.19. The van der Waals surface area contributed by atoms with Gasteiger partial charge >= 0.3 is 5.97 Å². The highest BCUT2D eigenvalue weighted by molar-refractivity contribution is 5.95. The molecule has 0 aliphatic heterocycles. The molecule has 4 rings (SSSR count). The van der Waals surface area contributed by atoms with Gasteiger partial charge in [0.05, 0.1) is 33.4 Å². The Hall–Kier alpha value is -3.48. The molecule has 7 nitrogen and oxygen atoms in total. The number of hydrogen-bond acceptors (Lipinski definition) is 7. The standard InChI is InChI=1S/C27H32N2O5/c1-5-27(26(30)33-4)14-18(15-27)17-34-23-8-6-7-22-21(23)11-12-28-25(22)29-16-19-9-10-20(31-2)13-24(19)32-3/h6-13,18H,5,14-17H2,1-4H3,(H,28,29). The van der Waals surface area contributed by atoms with Crippen molar-refractivity contribution in [3.8, 4) is 17.2 Å². The van der Waals surface area contributed by atoms with Crippen molar-refractivity contribution in [2.45, 2.75) is 32.7 Å². The van der Waals surface area contributed by atoms with Crippen LogP contribution in [0.1, 0.15) is 31.7 Å². The molecule has 0 radical (unpaired) electrons. The Morgan fingerprint density at radius 1 is 1.06 bits per heavy atom. The van der Waals surface area contributed by atoms with Crippen LogP contribution in [0.4, 0.5) is 5.82 Å². The molecular weight excluding hydrogens is 432 g/mol. The summed E-state index contributed by atoms with van der Waals surface area (Å²) in [5, 5.41) is 5.41. The summed E-state index contributed by atoms with van der Waals surface area (Å²) >= 11 is 0. The van der Waals surface area contributed by atoms with E-state index in [0.717, 1.165) is 58.7 Å². The number of esters is 1. The molecule has 7 heteroatoms.